The molecule has 1 heterocycles. The zero-order valence-corrected chi connectivity index (χ0v) is 9.41. The van der Waals surface area contributed by atoms with Crippen molar-refractivity contribution in [2.45, 2.75) is 5.88 Å². The molecule has 0 unspecified atom stereocenters. The van der Waals surface area contributed by atoms with E-state index in [-0.39, 0.29) is 11.7 Å². The molecule has 0 aliphatic heterocycles. The third-order valence-corrected chi connectivity index (χ3v) is 2.39. The fourth-order valence-electron chi connectivity index (χ4n) is 1.34. The lowest BCUT2D eigenvalue weighted by Gasteiger charge is -2.07. The predicted molar refractivity (Wildman–Crippen MR) is 59.2 cm³/mol. The van der Waals surface area contributed by atoms with Crippen LogP contribution in [0, 0.1) is 5.82 Å². The number of aromatic nitrogens is 2. The van der Waals surface area contributed by atoms with E-state index in [2.05, 4.69) is 5.10 Å². The van der Waals surface area contributed by atoms with Crippen LogP contribution in [0.4, 0.5) is 4.39 Å². The molecule has 0 atom stereocenters. The predicted octanol–water partition coefficient (Wildman–Crippen LogP) is 3.09. The highest BCUT2D eigenvalue weighted by Crippen LogP contribution is 2.27. The van der Waals surface area contributed by atoms with Crippen LogP contribution in [-0.2, 0) is 12.9 Å². The molecule has 5 heteroatoms. The molecule has 16 heavy (non-hydrogen) atoms. The van der Waals surface area contributed by atoms with Gasteiger partial charge in [-0.1, -0.05) is 6.07 Å². The van der Waals surface area contributed by atoms with E-state index in [1.54, 1.807) is 36.3 Å². The highest BCUT2D eigenvalue weighted by Gasteiger charge is 2.09. The van der Waals surface area contributed by atoms with Gasteiger partial charge in [-0.05, 0) is 12.1 Å². The van der Waals surface area contributed by atoms with Crippen LogP contribution in [0.25, 0.3) is 0 Å². The number of alkyl halides is 1. The molecule has 0 N–H and O–H groups in total. The number of rotatable bonds is 3. The third kappa shape index (κ3) is 2.17. The second-order valence-electron chi connectivity index (χ2n) is 3.30. The minimum Gasteiger partial charge on any atom is -0.454 e. The summed E-state index contributed by atoms with van der Waals surface area (Å²) in [4.78, 5) is 0. The van der Waals surface area contributed by atoms with Crippen molar-refractivity contribution in [2.24, 2.45) is 7.05 Å². The van der Waals surface area contributed by atoms with Gasteiger partial charge in [0.25, 0.3) is 0 Å². The van der Waals surface area contributed by atoms with Crippen LogP contribution in [0.3, 0.4) is 0 Å². The lowest BCUT2D eigenvalue weighted by Crippen LogP contribution is -1.92. The molecular formula is C11H10ClFN2O. The van der Waals surface area contributed by atoms with Crippen LogP contribution in [0.2, 0.25) is 0 Å². The number of aryl methyl sites for hydroxylation is 1. The van der Waals surface area contributed by atoms with E-state index < -0.39 is 0 Å². The average Bonchev–Trinajstić information content (AvgIpc) is 2.64. The van der Waals surface area contributed by atoms with E-state index in [0.29, 0.717) is 17.1 Å². The summed E-state index contributed by atoms with van der Waals surface area (Å²) >= 11 is 5.67. The van der Waals surface area contributed by atoms with E-state index in [1.807, 2.05) is 0 Å². The van der Waals surface area contributed by atoms with Gasteiger partial charge in [0.05, 0.1) is 18.3 Å². The quantitative estimate of drug-likeness (QED) is 0.771. The lowest BCUT2D eigenvalue weighted by molar-refractivity contribution is 0.469. The largest absolute Gasteiger partial charge is 0.454 e. The number of hydrogen-bond acceptors (Lipinski definition) is 2. The van der Waals surface area contributed by atoms with Gasteiger partial charge >= 0.3 is 0 Å². The van der Waals surface area contributed by atoms with Crippen molar-refractivity contribution in [1.82, 2.24) is 9.78 Å². The van der Waals surface area contributed by atoms with Gasteiger partial charge in [0, 0.05) is 12.6 Å². The summed E-state index contributed by atoms with van der Waals surface area (Å²) < 4.78 is 20.5. The Morgan fingerprint density at radius 1 is 1.50 bits per heavy atom. The minimum absolute atomic E-state index is 0.0717. The first-order chi connectivity index (χ1) is 7.70. The molecule has 0 radical (unpaired) electrons. The molecule has 3 nitrogen and oxygen atoms in total. The summed E-state index contributed by atoms with van der Waals surface area (Å²) in [6, 6.07) is 4.61. The topological polar surface area (TPSA) is 27.1 Å². The Hall–Kier alpha value is -1.55. The Bertz CT molecular complexity index is 498. The maximum Gasteiger partial charge on any atom is 0.165 e. The second kappa shape index (κ2) is 4.53. The van der Waals surface area contributed by atoms with Gasteiger partial charge in [0.15, 0.2) is 5.75 Å². The smallest absolute Gasteiger partial charge is 0.165 e. The fourth-order valence-corrected chi connectivity index (χ4v) is 1.60. The van der Waals surface area contributed by atoms with E-state index in [0.717, 1.165) is 0 Å². The third-order valence-electron chi connectivity index (χ3n) is 2.12. The molecule has 0 saturated heterocycles. The average molecular weight is 241 g/mol. The summed E-state index contributed by atoms with van der Waals surface area (Å²) in [7, 11) is 1.78. The summed E-state index contributed by atoms with van der Waals surface area (Å²) in [5, 5.41) is 3.96. The minimum atomic E-state index is -0.364. The van der Waals surface area contributed by atoms with Gasteiger partial charge in [-0.15, -0.1) is 11.6 Å². The maximum absolute atomic E-state index is 13.4. The number of hydrogen-bond donors (Lipinski definition) is 0. The van der Waals surface area contributed by atoms with Crippen LogP contribution in [0.15, 0.2) is 30.6 Å². The zero-order valence-electron chi connectivity index (χ0n) is 8.65. The Morgan fingerprint density at radius 3 is 2.94 bits per heavy atom. The van der Waals surface area contributed by atoms with Crippen LogP contribution in [0.5, 0.6) is 11.5 Å². The van der Waals surface area contributed by atoms with Crippen molar-refractivity contribution in [3.8, 4) is 11.5 Å². The second-order valence-corrected chi connectivity index (χ2v) is 3.57. The number of halogens is 2. The molecule has 0 saturated carbocycles. The highest BCUT2D eigenvalue weighted by molar-refractivity contribution is 6.17. The number of nitrogens with zero attached hydrogens (tertiary/aromatic N) is 2. The molecule has 1 aromatic heterocycles. The highest BCUT2D eigenvalue weighted by atomic mass is 35.5. The van der Waals surface area contributed by atoms with Crippen molar-refractivity contribution in [2.75, 3.05) is 0 Å². The van der Waals surface area contributed by atoms with E-state index in [9.17, 15) is 4.39 Å². The van der Waals surface area contributed by atoms with E-state index in [4.69, 9.17) is 16.3 Å². The Kier molecular flexibility index (Phi) is 3.10. The van der Waals surface area contributed by atoms with E-state index in [1.165, 1.54) is 6.07 Å². The summed E-state index contributed by atoms with van der Waals surface area (Å²) in [6.07, 6.45) is 3.26. The maximum atomic E-state index is 13.4. The van der Waals surface area contributed by atoms with Gasteiger partial charge in [0.2, 0.25) is 0 Å². The van der Waals surface area contributed by atoms with Crippen LogP contribution < -0.4 is 4.74 Å². The number of ether oxygens (including phenoxy) is 1. The molecule has 0 fully saturated rings. The van der Waals surface area contributed by atoms with Crippen molar-refractivity contribution in [3.63, 3.8) is 0 Å². The van der Waals surface area contributed by atoms with Crippen LogP contribution >= 0.6 is 11.6 Å². The van der Waals surface area contributed by atoms with Gasteiger partial charge in [-0.2, -0.15) is 5.10 Å². The summed E-state index contributed by atoms with van der Waals surface area (Å²) in [5.41, 5.74) is 0.355. The van der Waals surface area contributed by atoms with Gasteiger partial charge in [-0.3, -0.25) is 4.68 Å². The monoisotopic (exact) mass is 240 g/mol. The molecule has 0 amide bonds. The molecule has 0 bridgehead atoms. The van der Waals surface area contributed by atoms with Crippen molar-refractivity contribution < 1.29 is 9.13 Å². The first-order valence-electron chi connectivity index (χ1n) is 4.70. The molecule has 0 aliphatic rings. The fraction of sp³-hybridized carbons (Fsp3) is 0.182. The molecule has 0 spiro atoms. The van der Waals surface area contributed by atoms with Crippen molar-refractivity contribution >= 4 is 11.6 Å². The zero-order chi connectivity index (χ0) is 11.5. The Balaban J connectivity index is 2.30. The Morgan fingerprint density at radius 2 is 2.31 bits per heavy atom. The Labute approximate surface area is 97.4 Å². The van der Waals surface area contributed by atoms with Gasteiger partial charge in [-0.25, -0.2) is 4.39 Å². The van der Waals surface area contributed by atoms with Crippen molar-refractivity contribution in [3.05, 3.63) is 42.0 Å². The molecular weight excluding hydrogens is 231 g/mol. The lowest BCUT2D eigenvalue weighted by atomic mass is 10.2. The SMILES string of the molecule is Cn1cc(Oc2cccc(F)c2CCl)cn1. The van der Waals surface area contributed by atoms with Crippen molar-refractivity contribution in [1.29, 1.82) is 0 Å². The van der Waals surface area contributed by atoms with Crippen LogP contribution in [0.1, 0.15) is 5.56 Å². The normalized spacial score (nSPS) is 10.4. The first kappa shape index (κ1) is 11.0. The summed E-state index contributed by atoms with van der Waals surface area (Å²) in [6.45, 7) is 0. The van der Waals surface area contributed by atoms with E-state index >= 15 is 0 Å². The molecule has 84 valence electrons. The molecule has 1 aromatic carbocycles. The van der Waals surface area contributed by atoms with Gasteiger partial charge in [0.1, 0.15) is 11.6 Å². The summed E-state index contributed by atoms with van der Waals surface area (Å²) in [5.74, 6) is 0.682. The standard InChI is InChI=1S/C11H10ClFN2O/c1-15-7-8(6-14-15)16-11-4-2-3-10(13)9(11)5-12/h2-4,6-7H,5H2,1H3. The first-order valence-corrected chi connectivity index (χ1v) is 5.24. The molecule has 2 aromatic rings. The molecule has 2 rings (SSSR count). The molecule has 0 aliphatic carbocycles. The number of benzene rings is 1. The van der Waals surface area contributed by atoms with Gasteiger partial charge < -0.3 is 4.74 Å². The van der Waals surface area contributed by atoms with Crippen LogP contribution in [-0.4, -0.2) is 9.78 Å².